The van der Waals surface area contributed by atoms with E-state index < -0.39 is 0 Å². The standard InChI is InChI=1S/C15H21N3O2/c1-4-20-15-6-5-13(9-12(15)10-19)17-11(2)14-7-8-16-18(14)3/h5-9,11,17,19H,4,10H2,1-3H3. The van der Waals surface area contributed by atoms with Gasteiger partial charge < -0.3 is 15.2 Å². The van der Waals surface area contributed by atoms with Crippen molar-refractivity contribution in [2.45, 2.75) is 26.5 Å². The molecule has 2 N–H and O–H groups in total. The second-order valence-electron chi connectivity index (χ2n) is 4.66. The molecule has 0 aliphatic rings. The molecule has 1 heterocycles. The van der Waals surface area contributed by atoms with Gasteiger partial charge in [0.1, 0.15) is 5.75 Å². The normalized spacial score (nSPS) is 12.2. The van der Waals surface area contributed by atoms with Crippen LogP contribution in [-0.2, 0) is 13.7 Å². The zero-order valence-electron chi connectivity index (χ0n) is 12.1. The van der Waals surface area contributed by atoms with Gasteiger partial charge in [0.2, 0.25) is 0 Å². The maximum Gasteiger partial charge on any atom is 0.124 e. The topological polar surface area (TPSA) is 59.3 Å². The van der Waals surface area contributed by atoms with Crippen molar-refractivity contribution in [2.75, 3.05) is 11.9 Å². The molecule has 1 unspecified atom stereocenters. The van der Waals surface area contributed by atoms with Crippen LogP contribution in [0, 0.1) is 0 Å². The Kier molecular flexibility index (Phi) is 4.63. The molecule has 0 saturated heterocycles. The van der Waals surface area contributed by atoms with E-state index in [9.17, 15) is 5.11 Å². The number of aliphatic hydroxyl groups is 1. The van der Waals surface area contributed by atoms with E-state index in [0.29, 0.717) is 6.61 Å². The summed E-state index contributed by atoms with van der Waals surface area (Å²) in [6.45, 7) is 4.56. The third-order valence-electron chi connectivity index (χ3n) is 3.22. The molecule has 0 aliphatic carbocycles. The Morgan fingerprint density at radius 2 is 2.20 bits per heavy atom. The Bertz CT molecular complexity index is 566. The summed E-state index contributed by atoms with van der Waals surface area (Å²) >= 11 is 0. The molecule has 108 valence electrons. The predicted octanol–water partition coefficient (Wildman–Crippen LogP) is 2.48. The predicted molar refractivity (Wildman–Crippen MR) is 78.8 cm³/mol. The lowest BCUT2D eigenvalue weighted by molar-refractivity contribution is 0.267. The number of anilines is 1. The van der Waals surface area contributed by atoms with E-state index >= 15 is 0 Å². The van der Waals surface area contributed by atoms with Crippen LogP contribution < -0.4 is 10.1 Å². The fourth-order valence-corrected chi connectivity index (χ4v) is 2.22. The van der Waals surface area contributed by atoms with Gasteiger partial charge >= 0.3 is 0 Å². The summed E-state index contributed by atoms with van der Waals surface area (Å²) in [5, 5.41) is 17.0. The molecular formula is C15H21N3O2. The van der Waals surface area contributed by atoms with Gasteiger partial charge in [0.05, 0.1) is 24.9 Å². The zero-order valence-corrected chi connectivity index (χ0v) is 12.1. The minimum absolute atomic E-state index is 0.0368. The van der Waals surface area contributed by atoms with Gasteiger partial charge in [-0.15, -0.1) is 0 Å². The van der Waals surface area contributed by atoms with Gasteiger partial charge in [-0.2, -0.15) is 5.10 Å². The van der Waals surface area contributed by atoms with Gasteiger partial charge in [0, 0.05) is 24.5 Å². The van der Waals surface area contributed by atoms with Gasteiger partial charge in [-0.1, -0.05) is 0 Å². The average Bonchev–Trinajstić information content (AvgIpc) is 2.87. The van der Waals surface area contributed by atoms with Gasteiger partial charge in [0.25, 0.3) is 0 Å². The summed E-state index contributed by atoms with van der Waals surface area (Å²) in [6.07, 6.45) is 1.78. The number of aryl methyl sites for hydroxylation is 1. The highest BCUT2D eigenvalue weighted by atomic mass is 16.5. The van der Waals surface area contributed by atoms with Gasteiger partial charge in [0.15, 0.2) is 0 Å². The highest BCUT2D eigenvalue weighted by Gasteiger charge is 2.10. The fraction of sp³-hybridized carbons (Fsp3) is 0.400. The molecule has 2 rings (SSSR count). The second-order valence-corrected chi connectivity index (χ2v) is 4.66. The molecule has 2 aromatic rings. The molecular weight excluding hydrogens is 254 g/mol. The van der Waals surface area contributed by atoms with E-state index in [0.717, 1.165) is 22.7 Å². The lowest BCUT2D eigenvalue weighted by atomic mass is 10.1. The van der Waals surface area contributed by atoms with Gasteiger partial charge in [-0.05, 0) is 38.1 Å². The van der Waals surface area contributed by atoms with Crippen molar-refractivity contribution < 1.29 is 9.84 Å². The molecule has 0 fully saturated rings. The Morgan fingerprint density at radius 3 is 2.80 bits per heavy atom. The summed E-state index contributed by atoms with van der Waals surface area (Å²) < 4.78 is 7.32. The number of benzene rings is 1. The molecule has 5 nitrogen and oxygen atoms in total. The van der Waals surface area contributed by atoms with E-state index in [-0.39, 0.29) is 12.6 Å². The van der Waals surface area contributed by atoms with E-state index in [1.54, 1.807) is 6.20 Å². The number of hydrogen-bond acceptors (Lipinski definition) is 4. The quantitative estimate of drug-likeness (QED) is 0.850. The van der Waals surface area contributed by atoms with Crippen LogP contribution in [0.25, 0.3) is 0 Å². The SMILES string of the molecule is CCOc1ccc(NC(C)c2ccnn2C)cc1CO. The lowest BCUT2D eigenvalue weighted by Gasteiger charge is -2.17. The number of rotatable bonds is 6. The van der Waals surface area contributed by atoms with Crippen molar-refractivity contribution in [1.29, 1.82) is 0 Å². The zero-order chi connectivity index (χ0) is 14.5. The van der Waals surface area contributed by atoms with E-state index in [2.05, 4.69) is 17.3 Å². The molecule has 0 aliphatic heterocycles. The maximum atomic E-state index is 9.41. The molecule has 0 spiro atoms. The van der Waals surface area contributed by atoms with Crippen molar-refractivity contribution in [3.8, 4) is 5.75 Å². The Balaban J connectivity index is 2.15. The molecule has 1 aromatic carbocycles. The van der Waals surface area contributed by atoms with E-state index in [1.807, 2.05) is 42.9 Å². The summed E-state index contributed by atoms with van der Waals surface area (Å²) in [5.41, 5.74) is 2.84. The van der Waals surface area contributed by atoms with Crippen LogP contribution in [0.3, 0.4) is 0 Å². The van der Waals surface area contributed by atoms with Crippen LogP contribution in [0.15, 0.2) is 30.5 Å². The molecule has 5 heteroatoms. The van der Waals surface area contributed by atoms with Crippen LogP contribution in [0.4, 0.5) is 5.69 Å². The Morgan fingerprint density at radius 1 is 1.40 bits per heavy atom. The highest BCUT2D eigenvalue weighted by Crippen LogP contribution is 2.25. The van der Waals surface area contributed by atoms with E-state index in [1.165, 1.54) is 0 Å². The van der Waals surface area contributed by atoms with E-state index in [4.69, 9.17) is 4.74 Å². The van der Waals surface area contributed by atoms with Crippen molar-refractivity contribution in [2.24, 2.45) is 7.05 Å². The Labute approximate surface area is 119 Å². The maximum absolute atomic E-state index is 9.41. The molecule has 1 aromatic heterocycles. The van der Waals surface area contributed by atoms with Crippen LogP contribution in [0.5, 0.6) is 5.75 Å². The third-order valence-corrected chi connectivity index (χ3v) is 3.22. The monoisotopic (exact) mass is 275 g/mol. The summed E-state index contributed by atoms with van der Waals surface area (Å²) in [7, 11) is 1.92. The summed E-state index contributed by atoms with van der Waals surface area (Å²) in [6, 6.07) is 7.87. The molecule has 0 bridgehead atoms. The molecule has 1 atom stereocenters. The van der Waals surface area contributed by atoms with Gasteiger partial charge in [-0.25, -0.2) is 0 Å². The molecule has 20 heavy (non-hydrogen) atoms. The smallest absolute Gasteiger partial charge is 0.124 e. The number of nitrogens with one attached hydrogen (secondary N) is 1. The molecule has 0 saturated carbocycles. The highest BCUT2D eigenvalue weighted by molar-refractivity contribution is 5.52. The van der Waals surface area contributed by atoms with Crippen molar-refractivity contribution in [3.05, 3.63) is 41.7 Å². The number of nitrogens with zero attached hydrogens (tertiary/aromatic N) is 2. The van der Waals surface area contributed by atoms with Crippen molar-refractivity contribution >= 4 is 5.69 Å². The average molecular weight is 275 g/mol. The number of ether oxygens (including phenoxy) is 1. The van der Waals surface area contributed by atoms with Crippen LogP contribution in [0.2, 0.25) is 0 Å². The number of aliphatic hydroxyl groups excluding tert-OH is 1. The van der Waals surface area contributed by atoms with Crippen LogP contribution in [-0.4, -0.2) is 21.5 Å². The second kappa shape index (κ2) is 6.43. The first kappa shape index (κ1) is 14.4. The third kappa shape index (κ3) is 3.11. The van der Waals surface area contributed by atoms with Crippen molar-refractivity contribution in [3.63, 3.8) is 0 Å². The van der Waals surface area contributed by atoms with Gasteiger partial charge in [-0.3, -0.25) is 4.68 Å². The molecule has 0 amide bonds. The largest absolute Gasteiger partial charge is 0.494 e. The van der Waals surface area contributed by atoms with Crippen LogP contribution >= 0.6 is 0 Å². The molecule has 0 radical (unpaired) electrons. The van der Waals surface area contributed by atoms with Crippen molar-refractivity contribution in [1.82, 2.24) is 9.78 Å². The number of hydrogen-bond donors (Lipinski definition) is 2. The number of aromatic nitrogens is 2. The van der Waals surface area contributed by atoms with Crippen LogP contribution in [0.1, 0.15) is 31.1 Å². The first-order valence-corrected chi connectivity index (χ1v) is 6.76. The summed E-state index contributed by atoms with van der Waals surface area (Å²) in [5.74, 6) is 0.730. The first-order valence-electron chi connectivity index (χ1n) is 6.76. The first-order chi connectivity index (χ1) is 9.65. The lowest BCUT2D eigenvalue weighted by Crippen LogP contribution is -2.11. The minimum atomic E-state index is -0.0368. The fourth-order valence-electron chi connectivity index (χ4n) is 2.22. The summed E-state index contributed by atoms with van der Waals surface area (Å²) in [4.78, 5) is 0. The minimum Gasteiger partial charge on any atom is -0.494 e. The Hall–Kier alpha value is -2.01.